The number of benzene rings is 13. The van der Waals surface area contributed by atoms with E-state index in [1.165, 1.54) is 54.1 Å². The molecule has 0 N–H and O–H groups in total. The molecule has 0 saturated carbocycles. The number of nitrogens with zero attached hydrogens (tertiary/aromatic N) is 7. The molecule has 5 aromatic heterocycles. The van der Waals surface area contributed by atoms with E-state index in [0.717, 1.165) is 105 Å². The zero-order valence-electron chi connectivity index (χ0n) is 55.6. The summed E-state index contributed by atoms with van der Waals surface area (Å²) in [5.74, 6) is 4.33. The maximum atomic E-state index is 6.52. The third-order valence-corrected chi connectivity index (χ3v) is 27.5. The highest BCUT2D eigenvalue weighted by molar-refractivity contribution is 7.04. The van der Waals surface area contributed by atoms with Crippen LogP contribution in [0.15, 0.2) is 311 Å². The molecule has 0 bridgehead atoms. The van der Waals surface area contributed by atoms with Crippen LogP contribution in [0.5, 0.6) is 0 Å². The predicted molar refractivity (Wildman–Crippen MR) is 415 cm³/mol. The lowest BCUT2D eigenvalue weighted by molar-refractivity contribution is 0.620. The van der Waals surface area contributed by atoms with Crippen molar-refractivity contribution in [1.82, 2.24) is 34.9 Å². The van der Waals surface area contributed by atoms with Crippen LogP contribution >= 0.6 is 0 Å². The number of furan rings is 2. The second-order valence-electron chi connectivity index (χ2n) is 27.2. The number of hydrogen-bond donors (Lipinski definition) is 0. The van der Waals surface area contributed by atoms with Gasteiger partial charge in [-0.1, -0.05) is 239 Å². The standard InChI is InChI=1S/C45H27N3O2.C44H34N4OSi2/c1-3-11-28(12-4-1)30-15-9-16-31(25-30)32-21-23-35-41(27-32)50-40-20-10-18-36(42(35)40)45-47-43(29-13-5-2-6-14-29)46-44(48-45)33-22-24-39-37(26-33)34-17-7-8-19-38(34)49-39;1-50(2)37-15-9-5-11-31(37)33-25-29(21-23-39(33)50)42-46-41(27-17-19-28(20-18-27)44-45-35-13-7-8-14-36(35)49-44)47-43(48-42)30-22-24-40-34(26-30)32-12-6-10-16-38(32)51(40,3)4/h1-27H;5-26H,1-4H3. The summed E-state index contributed by atoms with van der Waals surface area (Å²) in [7, 11) is -3.58. The molecule has 101 heavy (non-hydrogen) atoms. The number of hydrogen-bond acceptors (Lipinski definition) is 10. The van der Waals surface area contributed by atoms with Gasteiger partial charge in [0.2, 0.25) is 5.89 Å². The van der Waals surface area contributed by atoms with Gasteiger partial charge in [0.1, 0.15) is 44.0 Å². The molecule has 0 amide bonds. The molecule has 18 aromatic rings. The van der Waals surface area contributed by atoms with E-state index in [0.29, 0.717) is 40.8 Å². The van der Waals surface area contributed by atoms with Crippen LogP contribution in [-0.4, -0.2) is 51.0 Å². The highest BCUT2D eigenvalue weighted by Gasteiger charge is 2.39. The van der Waals surface area contributed by atoms with Crippen molar-refractivity contribution in [3.63, 3.8) is 0 Å². The number of aromatic nitrogens is 7. The molecule has 0 saturated heterocycles. The van der Waals surface area contributed by atoms with Crippen molar-refractivity contribution in [2.45, 2.75) is 26.2 Å². The summed E-state index contributed by atoms with van der Waals surface area (Å²) < 4.78 is 18.7. The quantitative estimate of drug-likeness (QED) is 0.129. The Labute approximate surface area is 584 Å². The molecule has 13 aromatic carbocycles. The van der Waals surface area contributed by atoms with Crippen LogP contribution in [-0.2, 0) is 0 Å². The second kappa shape index (κ2) is 23.6. The average Bonchev–Trinajstić information content (AvgIpc) is 1.60. The second-order valence-corrected chi connectivity index (χ2v) is 35.8. The summed E-state index contributed by atoms with van der Waals surface area (Å²) in [5, 5.41) is 9.95. The largest absolute Gasteiger partial charge is 0.456 e. The van der Waals surface area contributed by atoms with E-state index in [-0.39, 0.29) is 0 Å². The molecule has 12 heteroatoms. The fourth-order valence-corrected chi connectivity index (χ4v) is 21.3. The Balaban J connectivity index is 0.000000140. The molecule has 0 atom stereocenters. The molecular formula is C89H61N7O3Si2. The zero-order chi connectivity index (χ0) is 67.5. The van der Waals surface area contributed by atoms with E-state index in [1.54, 1.807) is 0 Å². The number of oxazole rings is 1. The normalized spacial score (nSPS) is 13.1. The molecule has 0 fully saturated rings. The molecular weight excluding hydrogens is 1270 g/mol. The summed E-state index contributed by atoms with van der Waals surface area (Å²) >= 11 is 0. The molecule has 2 aliphatic heterocycles. The van der Waals surface area contributed by atoms with Crippen LogP contribution in [0.4, 0.5) is 0 Å². The first-order chi connectivity index (χ1) is 49.5. The molecule has 10 nitrogen and oxygen atoms in total. The Bertz CT molecular complexity index is 6200. The van der Waals surface area contributed by atoms with Gasteiger partial charge in [0.25, 0.3) is 0 Å². The van der Waals surface area contributed by atoms with Crippen LogP contribution < -0.4 is 20.7 Å². The van der Waals surface area contributed by atoms with Crippen LogP contribution in [0.1, 0.15) is 0 Å². The number of rotatable bonds is 9. The maximum Gasteiger partial charge on any atom is 0.227 e. The smallest absolute Gasteiger partial charge is 0.227 e. The van der Waals surface area contributed by atoms with Gasteiger partial charge in [0.05, 0.1) is 0 Å². The lowest BCUT2D eigenvalue weighted by Crippen LogP contribution is -2.49. The van der Waals surface area contributed by atoms with E-state index in [2.05, 4.69) is 196 Å². The van der Waals surface area contributed by atoms with Crippen LogP contribution in [0.25, 0.3) is 179 Å². The molecule has 478 valence electrons. The molecule has 0 spiro atoms. The fraction of sp³-hybridized carbons (Fsp3) is 0.0449. The van der Waals surface area contributed by atoms with Gasteiger partial charge >= 0.3 is 0 Å². The summed E-state index contributed by atoms with van der Waals surface area (Å²) in [5.41, 5.74) is 21.2. The molecule has 7 heterocycles. The molecule has 20 rings (SSSR count). The molecule has 0 aliphatic carbocycles. The van der Waals surface area contributed by atoms with Gasteiger partial charge < -0.3 is 13.3 Å². The average molecular weight is 1330 g/mol. The first kappa shape index (κ1) is 59.6. The Hall–Kier alpha value is -12.6. The van der Waals surface area contributed by atoms with Crippen LogP contribution in [0.2, 0.25) is 26.2 Å². The van der Waals surface area contributed by atoms with E-state index in [9.17, 15) is 0 Å². The SMILES string of the molecule is C[Si]1(C)c2ccccc2-c2cc(-c3nc(-c4ccc(-c5nc6ccccc6o5)cc4)nc(-c4ccc5c(c4)-c4ccccc4[Si]5(C)C)n3)ccc21.c1ccc(-c2cccc(-c3ccc4c(c3)oc3cccc(-c5nc(-c6ccccc6)nc(-c6ccc7oc8ccccc8c7c6)n5)c34)c2)cc1. The number of fused-ring (bicyclic) bond motifs is 13. The van der Waals surface area contributed by atoms with Gasteiger partial charge in [-0.15, -0.1) is 0 Å². The van der Waals surface area contributed by atoms with Gasteiger partial charge in [0, 0.05) is 60.5 Å². The Morgan fingerprint density at radius 2 is 0.644 bits per heavy atom. The number of para-hydroxylation sites is 3. The van der Waals surface area contributed by atoms with Crippen molar-refractivity contribution in [2.75, 3.05) is 0 Å². The van der Waals surface area contributed by atoms with Crippen molar-refractivity contribution in [2.24, 2.45) is 0 Å². The van der Waals surface area contributed by atoms with Crippen molar-refractivity contribution >= 4 is 91.9 Å². The van der Waals surface area contributed by atoms with Crippen LogP contribution in [0.3, 0.4) is 0 Å². The Morgan fingerprint density at radius 3 is 1.30 bits per heavy atom. The minimum atomic E-state index is -1.79. The first-order valence-corrected chi connectivity index (χ1v) is 40.1. The third-order valence-electron chi connectivity index (χ3n) is 20.3. The van der Waals surface area contributed by atoms with Crippen LogP contribution in [0, 0.1) is 0 Å². The lowest BCUT2D eigenvalue weighted by Gasteiger charge is -2.19. The highest BCUT2D eigenvalue weighted by atomic mass is 28.3. The minimum Gasteiger partial charge on any atom is -0.456 e. The van der Waals surface area contributed by atoms with Gasteiger partial charge in [-0.25, -0.2) is 34.9 Å². The zero-order valence-corrected chi connectivity index (χ0v) is 57.6. The summed E-state index contributed by atoms with van der Waals surface area (Å²) in [6.45, 7) is 9.77. The highest BCUT2D eigenvalue weighted by Crippen LogP contribution is 2.41. The van der Waals surface area contributed by atoms with E-state index < -0.39 is 16.1 Å². The first-order valence-electron chi connectivity index (χ1n) is 34.1. The topological polar surface area (TPSA) is 130 Å². The van der Waals surface area contributed by atoms with Crippen molar-refractivity contribution in [3.05, 3.63) is 297 Å². The van der Waals surface area contributed by atoms with Crippen molar-refractivity contribution < 1.29 is 13.3 Å². The fourth-order valence-electron chi connectivity index (χ4n) is 15.1. The summed E-state index contributed by atoms with van der Waals surface area (Å²) in [6.07, 6.45) is 0. The maximum absolute atomic E-state index is 6.52. The van der Waals surface area contributed by atoms with Crippen molar-refractivity contribution in [1.29, 1.82) is 0 Å². The predicted octanol–water partition coefficient (Wildman–Crippen LogP) is 20.3. The minimum absolute atomic E-state index is 0.582. The van der Waals surface area contributed by atoms with E-state index in [4.69, 9.17) is 48.1 Å². The van der Waals surface area contributed by atoms with Gasteiger partial charge in [0.15, 0.2) is 40.5 Å². The molecule has 0 radical (unpaired) electrons. The Kier molecular flexibility index (Phi) is 13.9. The van der Waals surface area contributed by atoms with E-state index >= 15 is 0 Å². The van der Waals surface area contributed by atoms with Gasteiger partial charge in [-0.2, -0.15) is 0 Å². The van der Waals surface area contributed by atoms with Gasteiger partial charge in [-0.3, -0.25) is 0 Å². The van der Waals surface area contributed by atoms with Crippen molar-refractivity contribution in [3.8, 4) is 124 Å². The summed E-state index contributed by atoms with van der Waals surface area (Å²) in [4.78, 5) is 35.4. The third kappa shape index (κ3) is 10.2. The van der Waals surface area contributed by atoms with Gasteiger partial charge in [-0.05, 0) is 150 Å². The lowest BCUT2D eigenvalue weighted by atomic mass is 9.98. The van der Waals surface area contributed by atoms with E-state index in [1.807, 2.05) is 127 Å². The molecule has 0 unspecified atom stereocenters. The summed E-state index contributed by atoms with van der Waals surface area (Å²) in [6, 6.07) is 103. The Morgan fingerprint density at radius 1 is 0.218 bits per heavy atom. The monoisotopic (exact) mass is 1330 g/mol. The molecule has 2 aliphatic rings.